The molecule has 43 heavy (non-hydrogen) atoms. The quantitative estimate of drug-likeness (QED) is 0.198. The summed E-state index contributed by atoms with van der Waals surface area (Å²) in [5, 5.41) is 14.2. The number of nitrogens with one attached hydrogen (secondary N) is 1. The normalized spacial score (nSPS) is 23.3. The van der Waals surface area contributed by atoms with Crippen molar-refractivity contribution in [3.05, 3.63) is 60.2 Å². The fraction of sp³-hybridized carbons (Fsp3) is 0.567. The van der Waals surface area contributed by atoms with Crippen molar-refractivity contribution in [2.45, 2.75) is 55.8 Å². The van der Waals surface area contributed by atoms with E-state index in [1.807, 2.05) is 44.2 Å². The van der Waals surface area contributed by atoms with Gasteiger partial charge in [-0.3, -0.25) is 0 Å². The summed E-state index contributed by atoms with van der Waals surface area (Å²) in [6.45, 7) is 4.94. The van der Waals surface area contributed by atoms with E-state index in [9.17, 15) is 18.3 Å². The van der Waals surface area contributed by atoms with E-state index in [4.69, 9.17) is 29.4 Å². The molecule has 2 heterocycles. The summed E-state index contributed by atoms with van der Waals surface area (Å²) in [6, 6.07) is 14.4. The number of aliphatic hydroxyl groups is 1. The van der Waals surface area contributed by atoms with Crippen LogP contribution < -0.4 is 11.1 Å². The van der Waals surface area contributed by atoms with Crippen LogP contribution in [0.5, 0.6) is 0 Å². The highest BCUT2D eigenvalue weighted by atomic mass is 32.2. The summed E-state index contributed by atoms with van der Waals surface area (Å²) in [4.78, 5) is 13.3. The van der Waals surface area contributed by atoms with E-state index in [1.54, 1.807) is 7.11 Å². The molecule has 12 nitrogen and oxygen atoms in total. The number of nitrogen functional groups attached to an aromatic ring is 1. The van der Waals surface area contributed by atoms with E-state index >= 15 is 0 Å². The number of rotatable bonds is 15. The number of sulfonamides is 1. The van der Waals surface area contributed by atoms with E-state index in [2.05, 4.69) is 5.32 Å². The second-order valence-corrected chi connectivity index (χ2v) is 13.2. The average molecular weight is 622 g/mol. The number of benzene rings is 2. The third-order valence-corrected chi connectivity index (χ3v) is 9.29. The van der Waals surface area contributed by atoms with Gasteiger partial charge in [0.1, 0.15) is 6.10 Å². The molecule has 4 N–H and O–H groups in total. The van der Waals surface area contributed by atoms with Crippen molar-refractivity contribution >= 4 is 21.8 Å². The number of methoxy groups -OCH3 is 1. The molecule has 238 valence electrons. The molecule has 6 atom stereocenters. The Balaban J connectivity index is 1.48. The molecule has 2 aromatic rings. The number of hydrogen-bond acceptors (Lipinski definition) is 10. The maximum Gasteiger partial charge on any atom is 0.407 e. The molecule has 2 fully saturated rings. The zero-order valence-electron chi connectivity index (χ0n) is 24.8. The van der Waals surface area contributed by atoms with Crippen molar-refractivity contribution in [1.82, 2.24) is 9.62 Å². The first-order valence-corrected chi connectivity index (χ1v) is 15.9. The van der Waals surface area contributed by atoms with Crippen LogP contribution >= 0.6 is 0 Å². The van der Waals surface area contributed by atoms with Crippen LogP contribution in [0.2, 0.25) is 0 Å². The van der Waals surface area contributed by atoms with Gasteiger partial charge in [0.25, 0.3) is 0 Å². The van der Waals surface area contributed by atoms with Gasteiger partial charge in [0.05, 0.1) is 55.5 Å². The van der Waals surface area contributed by atoms with Crippen molar-refractivity contribution in [1.29, 1.82) is 0 Å². The molecule has 4 rings (SSSR count). The van der Waals surface area contributed by atoms with E-state index < -0.39 is 40.7 Å². The Morgan fingerprint density at radius 1 is 1.05 bits per heavy atom. The number of ether oxygens (including phenoxy) is 5. The van der Waals surface area contributed by atoms with Gasteiger partial charge in [-0.2, -0.15) is 4.31 Å². The number of amides is 1. The van der Waals surface area contributed by atoms with Gasteiger partial charge in [0.2, 0.25) is 10.0 Å². The molecule has 2 aliphatic heterocycles. The van der Waals surface area contributed by atoms with E-state index in [0.717, 1.165) is 5.56 Å². The fourth-order valence-electron chi connectivity index (χ4n) is 5.29. The fourth-order valence-corrected chi connectivity index (χ4v) is 6.91. The third kappa shape index (κ3) is 8.88. The van der Waals surface area contributed by atoms with Crippen molar-refractivity contribution in [2.75, 3.05) is 52.4 Å². The summed E-state index contributed by atoms with van der Waals surface area (Å²) in [5.74, 6) is -0.337. The van der Waals surface area contributed by atoms with Crippen LogP contribution in [0, 0.1) is 11.8 Å². The predicted octanol–water partition coefficient (Wildman–Crippen LogP) is 2.02. The molecule has 2 aromatic carbocycles. The van der Waals surface area contributed by atoms with Gasteiger partial charge >= 0.3 is 6.09 Å². The lowest BCUT2D eigenvalue weighted by Crippen LogP contribution is -2.52. The molecule has 0 aliphatic carbocycles. The smallest absolute Gasteiger partial charge is 0.407 e. The van der Waals surface area contributed by atoms with Gasteiger partial charge in [0, 0.05) is 25.9 Å². The zero-order valence-corrected chi connectivity index (χ0v) is 25.6. The molecule has 0 aromatic heterocycles. The largest absolute Gasteiger partial charge is 0.443 e. The minimum atomic E-state index is -3.97. The highest BCUT2D eigenvalue weighted by molar-refractivity contribution is 7.89. The van der Waals surface area contributed by atoms with Crippen LogP contribution in [0.1, 0.15) is 19.4 Å². The molecule has 1 amide bonds. The Bertz CT molecular complexity index is 1260. The first-order valence-electron chi connectivity index (χ1n) is 14.5. The van der Waals surface area contributed by atoms with Crippen molar-refractivity contribution in [3.8, 4) is 0 Å². The van der Waals surface area contributed by atoms with Crippen molar-refractivity contribution in [2.24, 2.45) is 11.8 Å². The molecular weight excluding hydrogens is 578 g/mol. The lowest BCUT2D eigenvalue weighted by Gasteiger charge is -2.31. The predicted molar refractivity (Wildman–Crippen MR) is 159 cm³/mol. The highest BCUT2D eigenvalue weighted by Crippen LogP contribution is 2.35. The Morgan fingerprint density at radius 2 is 1.72 bits per heavy atom. The third-order valence-electron chi connectivity index (χ3n) is 7.44. The Labute approximate surface area is 253 Å². The van der Waals surface area contributed by atoms with Gasteiger partial charge in [-0.1, -0.05) is 44.2 Å². The summed E-state index contributed by atoms with van der Waals surface area (Å²) in [5.41, 5.74) is 7.05. The molecule has 0 saturated carbocycles. The number of aliphatic hydroxyl groups excluding tert-OH is 1. The number of fused-ring (bicyclic) bond motifs is 1. The molecule has 1 unspecified atom stereocenters. The summed E-state index contributed by atoms with van der Waals surface area (Å²) in [7, 11) is -2.38. The lowest BCUT2D eigenvalue weighted by molar-refractivity contribution is -0.0916. The van der Waals surface area contributed by atoms with Crippen LogP contribution in [0.15, 0.2) is 59.5 Å². The van der Waals surface area contributed by atoms with Crippen LogP contribution in [0.3, 0.4) is 0 Å². The first-order chi connectivity index (χ1) is 20.6. The van der Waals surface area contributed by atoms with E-state index in [0.29, 0.717) is 25.5 Å². The second-order valence-electron chi connectivity index (χ2n) is 11.3. The minimum Gasteiger partial charge on any atom is -0.443 e. The number of hydrogen-bond donors (Lipinski definition) is 3. The first kappa shape index (κ1) is 33.1. The molecule has 13 heteroatoms. The monoisotopic (exact) mass is 621 g/mol. The second kappa shape index (κ2) is 15.3. The van der Waals surface area contributed by atoms with Crippen LogP contribution in [0.4, 0.5) is 10.5 Å². The van der Waals surface area contributed by atoms with Gasteiger partial charge < -0.3 is 39.8 Å². The van der Waals surface area contributed by atoms with Crippen molar-refractivity contribution < 1.29 is 42.0 Å². The number of nitrogens with two attached hydrogens (primary N) is 1. The molecule has 2 aliphatic rings. The standard InChI is InChI=1S/C30H43N3O9S/c1-20(2)16-33(43(36,37)23-11-9-22(31)10-12-23)17-25(34)24(15-21-7-5-4-6-8-21)32-30(35)42-27-19-41-29-28(27)26(18-40-29)39-14-13-38-3/h4-12,20,24-29,34H,13-19,31H2,1-3H3,(H,32,35)/t24-,25+,26-,27?,28-,29+/m0/s1. The van der Waals surface area contributed by atoms with Gasteiger partial charge in [-0.05, 0) is 42.2 Å². The van der Waals surface area contributed by atoms with Crippen molar-refractivity contribution in [3.63, 3.8) is 0 Å². The Hall–Kier alpha value is -2.78. The van der Waals surface area contributed by atoms with Gasteiger partial charge in [0.15, 0.2) is 6.29 Å². The van der Waals surface area contributed by atoms with E-state index in [1.165, 1.54) is 28.6 Å². The van der Waals surface area contributed by atoms with E-state index in [-0.39, 0.29) is 49.0 Å². The minimum absolute atomic E-state index is 0.0238. The summed E-state index contributed by atoms with van der Waals surface area (Å²) >= 11 is 0. The highest BCUT2D eigenvalue weighted by Gasteiger charge is 2.50. The Kier molecular flexibility index (Phi) is 11.8. The maximum atomic E-state index is 13.6. The number of alkyl carbamates (subject to hydrolysis) is 1. The topological polar surface area (TPSA) is 159 Å². The molecule has 2 saturated heterocycles. The van der Waals surface area contributed by atoms with Gasteiger partial charge in [-0.25, -0.2) is 13.2 Å². The Morgan fingerprint density at radius 3 is 2.37 bits per heavy atom. The summed E-state index contributed by atoms with van der Waals surface area (Å²) in [6.07, 6.45) is -3.27. The molecule has 0 radical (unpaired) electrons. The SMILES string of the molecule is COCCO[C@H]1CO[C@@H]2OCC(OC(=O)N[C@@H](Cc3ccccc3)[C@H](O)CN(CC(C)C)S(=O)(=O)c3ccc(N)cc3)[C@@H]21. The number of carbonyl (C=O) groups is 1. The van der Waals surface area contributed by atoms with Gasteiger partial charge in [-0.15, -0.1) is 0 Å². The molecule has 0 bridgehead atoms. The maximum absolute atomic E-state index is 13.6. The number of nitrogens with zero attached hydrogens (tertiary/aromatic N) is 1. The lowest BCUT2D eigenvalue weighted by atomic mass is 10.00. The van der Waals surface area contributed by atoms with Crippen LogP contribution in [-0.2, 0) is 40.1 Å². The van der Waals surface area contributed by atoms with Crippen LogP contribution in [-0.4, -0.2) is 101 Å². The average Bonchev–Trinajstić information content (AvgIpc) is 3.56. The summed E-state index contributed by atoms with van der Waals surface area (Å²) < 4.78 is 56.5. The number of anilines is 1. The van der Waals surface area contributed by atoms with Crippen LogP contribution in [0.25, 0.3) is 0 Å². The molecular formula is C30H43N3O9S. The molecule has 0 spiro atoms. The zero-order chi connectivity index (χ0) is 31.0. The number of carbonyl (C=O) groups excluding carboxylic acids is 1.